The van der Waals surface area contributed by atoms with E-state index in [-0.39, 0.29) is 0 Å². The van der Waals surface area contributed by atoms with Gasteiger partial charge < -0.3 is 14.5 Å². The molecule has 0 aliphatic heterocycles. The van der Waals surface area contributed by atoms with E-state index < -0.39 is 0 Å². The Morgan fingerprint density at radius 2 is 2.31 bits per heavy atom. The monoisotopic (exact) mass is 219 g/mol. The third kappa shape index (κ3) is 2.50. The quantitative estimate of drug-likeness (QED) is 0.852. The van der Waals surface area contributed by atoms with Crippen LogP contribution in [-0.4, -0.2) is 17.1 Å². The fraction of sp³-hybridized carbons (Fsp3) is 0.273. The van der Waals surface area contributed by atoms with Crippen molar-refractivity contribution >= 4 is 5.82 Å². The third-order valence-corrected chi connectivity index (χ3v) is 2.08. The van der Waals surface area contributed by atoms with E-state index in [0.29, 0.717) is 18.2 Å². The highest BCUT2D eigenvalue weighted by atomic mass is 16.5. The summed E-state index contributed by atoms with van der Waals surface area (Å²) in [5.74, 6) is 1.97. The van der Waals surface area contributed by atoms with Gasteiger partial charge in [0.05, 0.1) is 19.6 Å². The molecule has 0 unspecified atom stereocenters. The number of hydrogen-bond donors (Lipinski definition) is 1. The Kier molecular flexibility index (Phi) is 3.05. The van der Waals surface area contributed by atoms with Crippen LogP contribution in [0, 0.1) is 6.92 Å². The minimum absolute atomic E-state index is 0.558. The van der Waals surface area contributed by atoms with Crippen LogP contribution in [-0.2, 0) is 6.54 Å². The molecule has 0 atom stereocenters. The van der Waals surface area contributed by atoms with Crippen LogP contribution >= 0.6 is 0 Å². The second-order valence-corrected chi connectivity index (χ2v) is 3.33. The number of nitrogens with one attached hydrogen (secondary N) is 1. The van der Waals surface area contributed by atoms with Gasteiger partial charge in [0.2, 0.25) is 5.88 Å². The number of hydrogen-bond acceptors (Lipinski definition) is 5. The summed E-state index contributed by atoms with van der Waals surface area (Å²) in [6.07, 6.45) is 3.33. The molecule has 2 aromatic rings. The molecule has 0 radical (unpaired) electrons. The molecular weight excluding hydrogens is 206 g/mol. The van der Waals surface area contributed by atoms with Crippen LogP contribution in [0.4, 0.5) is 5.82 Å². The van der Waals surface area contributed by atoms with E-state index in [1.807, 2.05) is 13.0 Å². The van der Waals surface area contributed by atoms with E-state index in [1.165, 1.54) is 0 Å². The molecule has 0 aliphatic rings. The largest absolute Gasteiger partial charge is 0.481 e. The van der Waals surface area contributed by atoms with Crippen molar-refractivity contribution in [1.29, 1.82) is 0 Å². The summed E-state index contributed by atoms with van der Waals surface area (Å²) in [5, 5.41) is 3.17. The van der Waals surface area contributed by atoms with Crippen molar-refractivity contribution in [2.45, 2.75) is 13.5 Å². The molecule has 1 N–H and O–H groups in total. The Bertz CT molecular complexity index is 454. The fourth-order valence-electron chi connectivity index (χ4n) is 1.32. The summed E-state index contributed by atoms with van der Waals surface area (Å²) in [6, 6.07) is 3.66. The highest BCUT2D eigenvalue weighted by Crippen LogP contribution is 2.13. The molecule has 0 bridgehead atoms. The van der Waals surface area contributed by atoms with Gasteiger partial charge in [0, 0.05) is 18.2 Å². The molecule has 0 saturated carbocycles. The molecular formula is C11H13N3O2. The maximum absolute atomic E-state index is 5.06. The first kappa shape index (κ1) is 10.5. The van der Waals surface area contributed by atoms with E-state index in [9.17, 15) is 0 Å². The van der Waals surface area contributed by atoms with Crippen LogP contribution in [0.1, 0.15) is 11.4 Å². The van der Waals surface area contributed by atoms with Gasteiger partial charge in [-0.3, -0.25) is 0 Å². The lowest BCUT2D eigenvalue weighted by Gasteiger charge is -2.06. The zero-order valence-corrected chi connectivity index (χ0v) is 9.23. The van der Waals surface area contributed by atoms with Gasteiger partial charge in [0.1, 0.15) is 11.6 Å². The van der Waals surface area contributed by atoms with Gasteiger partial charge in [-0.1, -0.05) is 0 Å². The lowest BCUT2D eigenvalue weighted by molar-refractivity contribution is 0.396. The summed E-state index contributed by atoms with van der Waals surface area (Å²) >= 11 is 0. The second-order valence-electron chi connectivity index (χ2n) is 3.33. The van der Waals surface area contributed by atoms with E-state index in [1.54, 1.807) is 25.7 Å². The van der Waals surface area contributed by atoms with Crippen molar-refractivity contribution in [3.63, 3.8) is 0 Å². The first-order valence-electron chi connectivity index (χ1n) is 4.92. The zero-order valence-electron chi connectivity index (χ0n) is 9.23. The number of aryl methyl sites for hydroxylation is 1. The Hall–Kier alpha value is -2.04. The van der Waals surface area contributed by atoms with Crippen molar-refractivity contribution in [3.8, 4) is 5.88 Å². The number of nitrogens with zero attached hydrogens (tertiary/aromatic N) is 2. The van der Waals surface area contributed by atoms with E-state index in [0.717, 1.165) is 11.4 Å². The molecule has 0 fully saturated rings. The molecule has 84 valence electrons. The minimum Gasteiger partial charge on any atom is -0.481 e. The summed E-state index contributed by atoms with van der Waals surface area (Å²) < 4.78 is 10.0. The number of furan rings is 1. The average Bonchev–Trinajstić information content (AvgIpc) is 2.78. The van der Waals surface area contributed by atoms with Crippen molar-refractivity contribution < 1.29 is 9.15 Å². The van der Waals surface area contributed by atoms with Crippen molar-refractivity contribution in [3.05, 3.63) is 36.0 Å². The van der Waals surface area contributed by atoms with Crippen LogP contribution in [0.5, 0.6) is 5.88 Å². The molecule has 5 heteroatoms. The molecule has 2 aromatic heterocycles. The van der Waals surface area contributed by atoms with E-state index >= 15 is 0 Å². The SMILES string of the molecule is COc1cc(NCc2ccoc2)nc(C)n1. The van der Waals surface area contributed by atoms with Gasteiger partial charge in [-0.15, -0.1) is 0 Å². The molecule has 0 amide bonds. The molecule has 0 spiro atoms. The highest BCUT2D eigenvalue weighted by molar-refractivity contribution is 5.38. The zero-order chi connectivity index (χ0) is 11.4. The first-order chi connectivity index (χ1) is 7.78. The van der Waals surface area contributed by atoms with E-state index in [4.69, 9.17) is 9.15 Å². The normalized spacial score (nSPS) is 10.1. The van der Waals surface area contributed by atoms with Crippen LogP contribution in [0.15, 0.2) is 29.1 Å². The van der Waals surface area contributed by atoms with E-state index in [2.05, 4.69) is 15.3 Å². The third-order valence-electron chi connectivity index (χ3n) is 2.08. The molecule has 16 heavy (non-hydrogen) atoms. The first-order valence-corrected chi connectivity index (χ1v) is 4.92. The average molecular weight is 219 g/mol. The molecule has 0 saturated heterocycles. The second kappa shape index (κ2) is 4.65. The summed E-state index contributed by atoms with van der Waals surface area (Å²) in [7, 11) is 1.58. The van der Waals surface area contributed by atoms with Gasteiger partial charge in [0.15, 0.2) is 0 Å². The van der Waals surface area contributed by atoms with Gasteiger partial charge in [0.25, 0.3) is 0 Å². The lowest BCUT2D eigenvalue weighted by atomic mass is 10.3. The topological polar surface area (TPSA) is 60.2 Å². The van der Waals surface area contributed by atoms with Crippen molar-refractivity contribution in [2.24, 2.45) is 0 Å². The predicted molar refractivity (Wildman–Crippen MR) is 59.4 cm³/mol. The van der Waals surface area contributed by atoms with Crippen LogP contribution in [0.2, 0.25) is 0 Å². The number of aromatic nitrogens is 2. The number of methoxy groups -OCH3 is 1. The minimum atomic E-state index is 0.558. The highest BCUT2D eigenvalue weighted by Gasteiger charge is 2.01. The molecule has 0 aliphatic carbocycles. The lowest BCUT2D eigenvalue weighted by Crippen LogP contribution is -2.03. The molecule has 2 rings (SSSR count). The number of anilines is 1. The summed E-state index contributed by atoms with van der Waals surface area (Å²) in [6.45, 7) is 2.49. The fourth-order valence-corrected chi connectivity index (χ4v) is 1.32. The Morgan fingerprint density at radius 1 is 1.44 bits per heavy atom. The van der Waals surface area contributed by atoms with Gasteiger partial charge >= 0.3 is 0 Å². The predicted octanol–water partition coefficient (Wildman–Crippen LogP) is 2.00. The Balaban J connectivity index is 2.06. The standard InChI is InChI=1S/C11H13N3O2/c1-8-13-10(5-11(14-8)15-2)12-6-9-3-4-16-7-9/h3-5,7H,6H2,1-2H3,(H,12,13,14). The van der Waals surface area contributed by atoms with Gasteiger partial charge in [-0.05, 0) is 13.0 Å². The molecule has 2 heterocycles. The summed E-state index contributed by atoms with van der Waals surface area (Å²) in [5.41, 5.74) is 1.07. The van der Waals surface area contributed by atoms with Gasteiger partial charge in [-0.25, -0.2) is 4.98 Å². The van der Waals surface area contributed by atoms with Crippen molar-refractivity contribution in [1.82, 2.24) is 9.97 Å². The number of rotatable bonds is 4. The maximum atomic E-state index is 5.06. The molecule has 0 aromatic carbocycles. The maximum Gasteiger partial charge on any atom is 0.218 e. The van der Waals surface area contributed by atoms with Crippen LogP contribution in [0.3, 0.4) is 0 Å². The Labute approximate surface area is 93.5 Å². The Morgan fingerprint density at radius 3 is 3.00 bits per heavy atom. The molecule has 5 nitrogen and oxygen atoms in total. The van der Waals surface area contributed by atoms with Gasteiger partial charge in [-0.2, -0.15) is 4.98 Å². The smallest absolute Gasteiger partial charge is 0.218 e. The van der Waals surface area contributed by atoms with Crippen LogP contribution < -0.4 is 10.1 Å². The summed E-state index contributed by atoms with van der Waals surface area (Å²) in [4.78, 5) is 8.35. The van der Waals surface area contributed by atoms with Crippen molar-refractivity contribution in [2.75, 3.05) is 12.4 Å². The number of ether oxygens (including phenoxy) is 1. The van der Waals surface area contributed by atoms with Crippen LogP contribution in [0.25, 0.3) is 0 Å².